The van der Waals surface area contributed by atoms with Gasteiger partial charge in [-0.1, -0.05) is 34.1 Å². The SMILES string of the molecule is COC(=O)CN(Cc1cccc(OCCBr)c1)c1cccc(OC(F)(F)F)c1. The van der Waals surface area contributed by atoms with Crippen LogP contribution < -0.4 is 14.4 Å². The lowest BCUT2D eigenvalue weighted by Crippen LogP contribution is -2.30. The molecular weight excluding hydrogens is 443 g/mol. The van der Waals surface area contributed by atoms with Crippen LogP contribution in [0.25, 0.3) is 0 Å². The van der Waals surface area contributed by atoms with E-state index >= 15 is 0 Å². The summed E-state index contributed by atoms with van der Waals surface area (Å²) in [7, 11) is 1.25. The summed E-state index contributed by atoms with van der Waals surface area (Å²) in [5, 5.41) is 0.678. The number of carbonyl (C=O) groups is 1. The van der Waals surface area contributed by atoms with Gasteiger partial charge in [-0.2, -0.15) is 0 Å². The van der Waals surface area contributed by atoms with Crippen LogP contribution in [0.15, 0.2) is 48.5 Å². The third kappa shape index (κ3) is 7.30. The third-order valence-corrected chi connectivity index (χ3v) is 3.91. The van der Waals surface area contributed by atoms with E-state index in [4.69, 9.17) is 9.47 Å². The van der Waals surface area contributed by atoms with Crippen LogP contribution in [0.3, 0.4) is 0 Å². The second kappa shape index (κ2) is 10.2. The minimum absolute atomic E-state index is 0.140. The first-order chi connectivity index (χ1) is 13.3. The molecular formula is C19H19BrF3NO4. The molecule has 0 aliphatic rings. The van der Waals surface area contributed by atoms with Gasteiger partial charge in [-0.3, -0.25) is 4.79 Å². The van der Waals surface area contributed by atoms with Gasteiger partial charge in [0.25, 0.3) is 0 Å². The largest absolute Gasteiger partial charge is 0.573 e. The van der Waals surface area contributed by atoms with Crippen LogP contribution in [0.1, 0.15) is 5.56 Å². The standard InChI is InChI=1S/C19H19BrF3NO4/c1-26-18(25)13-24(12-14-4-2-6-16(10-14)27-9-8-20)15-5-3-7-17(11-15)28-19(21,22)23/h2-7,10-11H,8-9,12-13H2,1H3. The lowest BCUT2D eigenvalue weighted by atomic mass is 10.1. The third-order valence-electron chi connectivity index (χ3n) is 3.58. The van der Waals surface area contributed by atoms with Gasteiger partial charge in [0.1, 0.15) is 18.0 Å². The molecule has 0 unspecified atom stereocenters. The van der Waals surface area contributed by atoms with Crippen molar-refractivity contribution in [2.75, 3.05) is 30.5 Å². The molecule has 0 saturated heterocycles. The molecule has 0 aromatic heterocycles. The lowest BCUT2D eigenvalue weighted by molar-refractivity contribution is -0.274. The molecule has 0 spiro atoms. The molecule has 2 aromatic rings. The zero-order valence-corrected chi connectivity index (χ0v) is 16.6. The molecule has 0 aliphatic carbocycles. The van der Waals surface area contributed by atoms with Crippen LogP contribution in [-0.4, -0.2) is 37.9 Å². The maximum atomic E-state index is 12.5. The van der Waals surface area contributed by atoms with Gasteiger partial charge < -0.3 is 19.1 Å². The van der Waals surface area contributed by atoms with Crippen molar-refractivity contribution in [2.45, 2.75) is 12.9 Å². The minimum Gasteiger partial charge on any atom is -0.493 e. The van der Waals surface area contributed by atoms with Crippen LogP contribution in [-0.2, 0) is 16.1 Å². The van der Waals surface area contributed by atoms with E-state index in [0.717, 1.165) is 5.56 Å². The first-order valence-corrected chi connectivity index (χ1v) is 9.38. The molecule has 5 nitrogen and oxygen atoms in total. The fraction of sp³-hybridized carbons (Fsp3) is 0.316. The first-order valence-electron chi connectivity index (χ1n) is 8.26. The van der Waals surface area contributed by atoms with Crippen LogP contribution in [0, 0.1) is 0 Å². The summed E-state index contributed by atoms with van der Waals surface area (Å²) in [6.07, 6.45) is -4.80. The second-order valence-electron chi connectivity index (χ2n) is 5.66. The van der Waals surface area contributed by atoms with Crippen molar-refractivity contribution in [3.63, 3.8) is 0 Å². The summed E-state index contributed by atoms with van der Waals surface area (Å²) < 4.78 is 51.7. The predicted molar refractivity (Wildman–Crippen MR) is 102 cm³/mol. The van der Waals surface area contributed by atoms with E-state index in [2.05, 4.69) is 20.7 Å². The average Bonchev–Trinajstić information content (AvgIpc) is 2.65. The van der Waals surface area contributed by atoms with Gasteiger partial charge in [0, 0.05) is 23.6 Å². The van der Waals surface area contributed by atoms with Crippen LogP contribution >= 0.6 is 15.9 Å². The molecule has 2 rings (SSSR count). The van der Waals surface area contributed by atoms with E-state index in [1.54, 1.807) is 23.1 Å². The smallest absolute Gasteiger partial charge is 0.493 e. The van der Waals surface area contributed by atoms with Crippen molar-refractivity contribution >= 4 is 27.6 Å². The number of rotatable bonds is 9. The van der Waals surface area contributed by atoms with Crippen molar-refractivity contribution in [3.8, 4) is 11.5 Å². The molecule has 0 aliphatic heterocycles. The van der Waals surface area contributed by atoms with E-state index in [1.165, 1.54) is 25.3 Å². The van der Waals surface area contributed by atoms with E-state index in [-0.39, 0.29) is 18.8 Å². The maximum Gasteiger partial charge on any atom is 0.573 e. The number of halogens is 4. The molecule has 0 saturated carbocycles. The molecule has 9 heteroatoms. The maximum absolute atomic E-state index is 12.5. The topological polar surface area (TPSA) is 48.0 Å². The summed E-state index contributed by atoms with van der Waals surface area (Å²) in [5.74, 6) is -0.229. The highest BCUT2D eigenvalue weighted by Crippen LogP contribution is 2.28. The van der Waals surface area contributed by atoms with Gasteiger partial charge in [-0.05, 0) is 29.8 Å². The number of nitrogens with zero attached hydrogens (tertiary/aromatic N) is 1. The fourth-order valence-electron chi connectivity index (χ4n) is 2.45. The highest BCUT2D eigenvalue weighted by Gasteiger charge is 2.31. The quantitative estimate of drug-likeness (QED) is 0.405. The van der Waals surface area contributed by atoms with Crippen molar-refractivity contribution in [2.24, 2.45) is 0 Å². The summed E-state index contributed by atoms with van der Waals surface area (Å²) in [4.78, 5) is 13.4. The van der Waals surface area contributed by atoms with E-state index < -0.39 is 12.3 Å². The summed E-state index contributed by atoms with van der Waals surface area (Å²) in [6.45, 7) is 0.612. The monoisotopic (exact) mass is 461 g/mol. The van der Waals surface area contributed by atoms with E-state index in [0.29, 0.717) is 23.4 Å². The van der Waals surface area contributed by atoms with E-state index in [1.807, 2.05) is 12.1 Å². The lowest BCUT2D eigenvalue weighted by Gasteiger charge is -2.24. The Morgan fingerprint density at radius 3 is 2.50 bits per heavy atom. The van der Waals surface area contributed by atoms with Gasteiger partial charge >= 0.3 is 12.3 Å². The number of carbonyl (C=O) groups excluding carboxylic acids is 1. The van der Waals surface area contributed by atoms with Crippen molar-refractivity contribution in [1.29, 1.82) is 0 Å². The Balaban J connectivity index is 2.25. The molecule has 0 radical (unpaired) electrons. The van der Waals surface area contributed by atoms with Gasteiger partial charge in [0.05, 0.1) is 13.7 Å². The summed E-state index contributed by atoms with van der Waals surface area (Å²) >= 11 is 3.28. The fourth-order valence-corrected chi connectivity index (χ4v) is 2.61. The van der Waals surface area contributed by atoms with E-state index in [9.17, 15) is 18.0 Å². The normalized spacial score (nSPS) is 11.0. The highest BCUT2D eigenvalue weighted by molar-refractivity contribution is 9.09. The number of methoxy groups -OCH3 is 1. The molecule has 28 heavy (non-hydrogen) atoms. The summed E-state index contributed by atoms with van der Waals surface area (Å²) in [6, 6.07) is 12.7. The van der Waals surface area contributed by atoms with Gasteiger partial charge in [-0.15, -0.1) is 13.2 Å². The van der Waals surface area contributed by atoms with Crippen molar-refractivity contribution < 1.29 is 32.2 Å². The molecule has 0 amide bonds. The Bertz CT molecular complexity index is 786. The molecule has 152 valence electrons. The number of esters is 1. The Morgan fingerprint density at radius 1 is 1.11 bits per heavy atom. The number of anilines is 1. The highest BCUT2D eigenvalue weighted by atomic mass is 79.9. The Kier molecular flexibility index (Phi) is 7.98. The van der Waals surface area contributed by atoms with Gasteiger partial charge in [0.15, 0.2) is 0 Å². The molecule has 0 atom stereocenters. The molecule has 0 fully saturated rings. The molecule has 0 heterocycles. The number of benzene rings is 2. The van der Waals surface area contributed by atoms with Crippen LogP contribution in [0.2, 0.25) is 0 Å². The second-order valence-corrected chi connectivity index (χ2v) is 6.46. The van der Waals surface area contributed by atoms with Crippen LogP contribution in [0.5, 0.6) is 11.5 Å². The minimum atomic E-state index is -4.80. The van der Waals surface area contributed by atoms with Gasteiger partial charge in [0.2, 0.25) is 0 Å². The molecule has 0 bridgehead atoms. The molecule has 0 N–H and O–H groups in total. The average molecular weight is 462 g/mol. The van der Waals surface area contributed by atoms with Gasteiger partial charge in [-0.25, -0.2) is 0 Å². The van der Waals surface area contributed by atoms with Crippen molar-refractivity contribution in [1.82, 2.24) is 0 Å². The first kappa shape index (κ1) is 21.9. The number of alkyl halides is 4. The number of hydrogen-bond acceptors (Lipinski definition) is 5. The number of hydrogen-bond donors (Lipinski definition) is 0. The Morgan fingerprint density at radius 2 is 1.82 bits per heavy atom. The Labute approximate surface area is 169 Å². The van der Waals surface area contributed by atoms with Crippen molar-refractivity contribution in [3.05, 3.63) is 54.1 Å². The predicted octanol–water partition coefficient (Wildman–Crippen LogP) is 4.54. The summed E-state index contributed by atoms with van der Waals surface area (Å²) in [5.41, 5.74) is 1.21. The zero-order chi connectivity index (χ0) is 20.6. The zero-order valence-electron chi connectivity index (χ0n) is 15.0. The van der Waals surface area contributed by atoms with Crippen LogP contribution in [0.4, 0.5) is 18.9 Å². The Hall–Kier alpha value is -2.42. The molecule has 2 aromatic carbocycles. The number of ether oxygens (including phenoxy) is 3.